The average Bonchev–Trinajstić information content (AvgIpc) is 2.16. The van der Waals surface area contributed by atoms with Crippen molar-refractivity contribution in [1.29, 1.82) is 0 Å². The van der Waals surface area contributed by atoms with Crippen LogP contribution in [-0.2, 0) is 0 Å². The minimum Gasteiger partial charge on any atom is -0.494 e. The fourth-order valence-electron chi connectivity index (χ4n) is 1.35. The Labute approximate surface area is 95.8 Å². The van der Waals surface area contributed by atoms with Crippen LogP contribution in [0.15, 0.2) is 18.2 Å². The zero-order chi connectivity index (χ0) is 12.1. The van der Waals surface area contributed by atoms with Crippen LogP contribution >= 0.6 is 0 Å². The van der Waals surface area contributed by atoms with Crippen LogP contribution < -0.4 is 15.8 Å². The standard InChI is InChI=1S/C12H18N2O2/c1-4-16-11-6-9(5-10(13)7-11)12(15)14-8(2)3/h5-8H,4,13H2,1-3H3,(H,14,15). The van der Waals surface area contributed by atoms with Gasteiger partial charge in [-0.3, -0.25) is 4.79 Å². The Hall–Kier alpha value is -1.71. The molecule has 0 saturated carbocycles. The molecule has 1 aromatic carbocycles. The normalized spacial score (nSPS) is 10.2. The van der Waals surface area contributed by atoms with Gasteiger partial charge in [0, 0.05) is 23.4 Å². The molecule has 0 fully saturated rings. The fraction of sp³-hybridized carbons (Fsp3) is 0.417. The lowest BCUT2D eigenvalue weighted by atomic mass is 10.1. The second-order valence-corrected chi connectivity index (χ2v) is 3.85. The molecule has 0 radical (unpaired) electrons. The molecule has 0 aromatic heterocycles. The smallest absolute Gasteiger partial charge is 0.251 e. The van der Waals surface area contributed by atoms with Crippen LogP contribution in [0.4, 0.5) is 5.69 Å². The highest BCUT2D eigenvalue weighted by Crippen LogP contribution is 2.18. The van der Waals surface area contributed by atoms with Gasteiger partial charge < -0.3 is 15.8 Å². The van der Waals surface area contributed by atoms with Crippen LogP contribution in [0.3, 0.4) is 0 Å². The molecule has 0 unspecified atom stereocenters. The summed E-state index contributed by atoms with van der Waals surface area (Å²) >= 11 is 0. The van der Waals surface area contributed by atoms with E-state index in [-0.39, 0.29) is 11.9 Å². The number of hydrogen-bond donors (Lipinski definition) is 2. The second-order valence-electron chi connectivity index (χ2n) is 3.85. The maximum absolute atomic E-state index is 11.7. The Morgan fingerprint density at radius 1 is 1.44 bits per heavy atom. The van der Waals surface area contributed by atoms with Gasteiger partial charge in [-0.2, -0.15) is 0 Å². The summed E-state index contributed by atoms with van der Waals surface area (Å²) in [6.45, 7) is 6.26. The molecule has 1 amide bonds. The van der Waals surface area contributed by atoms with Gasteiger partial charge in [0.15, 0.2) is 0 Å². The van der Waals surface area contributed by atoms with E-state index in [9.17, 15) is 4.79 Å². The highest BCUT2D eigenvalue weighted by atomic mass is 16.5. The van der Waals surface area contributed by atoms with Crippen molar-refractivity contribution in [3.8, 4) is 5.75 Å². The van der Waals surface area contributed by atoms with Crippen LogP contribution in [-0.4, -0.2) is 18.6 Å². The maximum atomic E-state index is 11.7. The Balaban J connectivity index is 2.91. The third-order valence-electron chi connectivity index (χ3n) is 1.92. The molecule has 0 saturated heterocycles. The van der Waals surface area contributed by atoms with Crippen molar-refractivity contribution in [2.75, 3.05) is 12.3 Å². The van der Waals surface area contributed by atoms with Gasteiger partial charge in [0.2, 0.25) is 0 Å². The van der Waals surface area contributed by atoms with Crippen molar-refractivity contribution in [1.82, 2.24) is 5.32 Å². The summed E-state index contributed by atoms with van der Waals surface area (Å²) in [6, 6.07) is 5.14. The second kappa shape index (κ2) is 5.39. The molecule has 16 heavy (non-hydrogen) atoms. The number of nitrogens with two attached hydrogens (primary N) is 1. The van der Waals surface area contributed by atoms with Crippen molar-refractivity contribution >= 4 is 11.6 Å². The largest absolute Gasteiger partial charge is 0.494 e. The van der Waals surface area contributed by atoms with Crippen molar-refractivity contribution in [2.45, 2.75) is 26.8 Å². The Morgan fingerprint density at radius 2 is 2.12 bits per heavy atom. The van der Waals surface area contributed by atoms with Gasteiger partial charge in [0.05, 0.1) is 6.61 Å². The van der Waals surface area contributed by atoms with Gasteiger partial charge in [-0.15, -0.1) is 0 Å². The molecule has 0 heterocycles. The molecule has 0 aliphatic rings. The number of amides is 1. The first-order chi connectivity index (χ1) is 7.52. The van der Waals surface area contributed by atoms with Gasteiger partial charge >= 0.3 is 0 Å². The topological polar surface area (TPSA) is 64.3 Å². The van der Waals surface area contributed by atoms with Gasteiger partial charge in [-0.25, -0.2) is 0 Å². The van der Waals surface area contributed by atoms with E-state index >= 15 is 0 Å². The van der Waals surface area contributed by atoms with Crippen LogP contribution in [0.25, 0.3) is 0 Å². The van der Waals surface area contributed by atoms with E-state index in [1.54, 1.807) is 18.2 Å². The first-order valence-corrected chi connectivity index (χ1v) is 5.37. The zero-order valence-electron chi connectivity index (χ0n) is 9.91. The van der Waals surface area contributed by atoms with E-state index in [1.165, 1.54) is 0 Å². The number of nitrogens with one attached hydrogen (secondary N) is 1. The lowest BCUT2D eigenvalue weighted by Crippen LogP contribution is -2.30. The maximum Gasteiger partial charge on any atom is 0.251 e. The zero-order valence-corrected chi connectivity index (χ0v) is 9.91. The summed E-state index contributed by atoms with van der Waals surface area (Å²) in [7, 11) is 0. The molecule has 4 heteroatoms. The van der Waals surface area contributed by atoms with E-state index in [4.69, 9.17) is 10.5 Å². The van der Waals surface area contributed by atoms with Gasteiger partial charge in [0.25, 0.3) is 5.91 Å². The summed E-state index contributed by atoms with van der Waals surface area (Å²) in [5.74, 6) is 0.486. The van der Waals surface area contributed by atoms with E-state index in [2.05, 4.69) is 5.32 Å². The minimum absolute atomic E-state index is 0.101. The number of benzene rings is 1. The van der Waals surface area contributed by atoms with Crippen LogP contribution in [0.5, 0.6) is 5.75 Å². The molecule has 88 valence electrons. The van der Waals surface area contributed by atoms with Crippen molar-refractivity contribution in [3.05, 3.63) is 23.8 Å². The predicted molar refractivity (Wildman–Crippen MR) is 64.6 cm³/mol. The van der Waals surface area contributed by atoms with Crippen LogP contribution in [0.1, 0.15) is 31.1 Å². The van der Waals surface area contributed by atoms with E-state index in [0.29, 0.717) is 23.6 Å². The molecule has 3 N–H and O–H groups in total. The summed E-state index contributed by atoms with van der Waals surface area (Å²) in [4.78, 5) is 11.7. The number of anilines is 1. The van der Waals surface area contributed by atoms with Crippen LogP contribution in [0, 0.1) is 0 Å². The molecule has 0 bridgehead atoms. The highest BCUT2D eigenvalue weighted by Gasteiger charge is 2.09. The molecule has 0 aliphatic carbocycles. The summed E-state index contributed by atoms with van der Waals surface area (Å²) in [5.41, 5.74) is 6.75. The quantitative estimate of drug-likeness (QED) is 0.763. The summed E-state index contributed by atoms with van der Waals surface area (Å²) < 4.78 is 5.32. The lowest BCUT2D eigenvalue weighted by molar-refractivity contribution is 0.0942. The van der Waals surface area contributed by atoms with E-state index < -0.39 is 0 Å². The van der Waals surface area contributed by atoms with Crippen molar-refractivity contribution < 1.29 is 9.53 Å². The Bertz CT molecular complexity index is 375. The number of ether oxygens (including phenoxy) is 1. The third-order valence-corrected chi connectivity index (χ3v) is 1.92. The molecular weight excluding hydrogens is 204 g/mol. The van der Waals surface area contributed by atoms with Gasteiger partial charge in [-0.1, -0.05) is 0 Å². The number of carbonyl (C=O) groups is 1. The van der Waals surface area contributed by atoms with Crippen molar-refractivity contribution in [2.24, 2.45) is 0 Å². The van der Waals surface area contributed by atoms with Crippen molar-refractivity contribution in [3.63, 3.8) is 0 Å². The molecule has 4 nitrogen and oxygen atoms in total. The SMILES string of the molecule is CCOc1cc(N)cc(C(=O)NC(C)C)c1. The predicted octanol–water partition coefficient (Wildman–Crippen LogP) is 1.81. The molecule has 1 aromatic rings. The van der Waals surface area contributed by atoms with Gasteiger partial charge in [-0.05, 0) is 32.9 Å². The van der Waals surface area contributed by atoms with Gasteiger partial charge in [0.1, 0.15) is 5.75 Å². The Morgan fingerprint density at radius 3 is 2.69 bits per heavy atom. The number of rotatable bonds is 4. The van der Waals surface area contributed by atoms with E-state index in [0.717, 1.165) is 0 Å². The monoisotopic (exact) mass is 222 g/mol. The molecular formula is C12H18N2O2. The Kier molecular flexibility index (Phi) is 4.17. The molecule has 0 atom stereocenters. The number of hydrogen-bond acceptors (Lipinski definition) is 3. The molecule has 0 spiro atoms. The average molecular weight is 222 g/mol. The van der Waals surface area contributed by atoms with E-state index in [1.807, 2.05) is 20.8 Å². The number of nitrogen functional groups attached to an aromatic ring is 1. The molecule has 0 aliphatic heterocycles. The first kappa shape index (κ1) is 12.4. The lowest BCUT2D eigenvalue weighted by Gasteiger charge is -2.10. The summed E-state index contributed by atoms with van der Waals surface area (Å²) in [6.07, 6.45) is 0. The molecule has 1 rings (SSSR count). The third kappa shape index (κ3) is 3.46. The highest BCUT2D eigenvalue weighted by molar-refractivity contribution is 5.95. The first-order valence-electron chi connectivity index (χ1n) is 5.37. The fourth-order valence-corrected chi connectivity index (χ4v) is 1.35. The number of carbonyl (C=O) groups excluding carboxylic acids is 1. The minimum atomic E-state index is -0.136. The van der Waals surface area contributed by atoms with Crippen LogP contribution in [0.2, 0.25) is 0 Å². The summed E-state index contributed by atoms with van der Waals surface area (Å²) in [5, 5.41) is 2.81.